The molecule has 0 bridgehead atoms. The lowest BCUT2D eigenvalue weighted by molar-refractivity contribution is -0.141. The Kier molecular flexibility index (Phi) is 3.75. The largest absolute Gasteiger partial charge is 0.433 e. The minimum atomic E-state index is -4.41. The van der Waals surface area contributed by atoms with Gasteiger partial charge in [0.2, 0.25) is 0 Å². The van der Waals surface area contributed by atoms with Crippen molar-refractivity contribution in [1.82, 2.24) is 4.98 Å². The number of halogens is 3. The van der Waals surface area contributed by atoms with E-state index in [0.717, 1.165) is 38.4 Å². The Labute approximate surface area is 104 Å². The molecule has 0 unspecified atom stereocenters. The average Bonchev–Trinajstić information content (AvgIpc) is 2.38. The first-order valence-corrected chi connectivity index (χ1v) is 6.03. The van der Waals surface area contributed by atoms with E-state index >= 15 is 0 Å². The number of nitrogens with two attached hydrogens (primary N) is 1. The molecule has 2 N–H and O–H groups in total. The van der Waals surface area contributed by atoms with Gasteiger partial charge in [-0.1, -0.05) is 0 Å². The van der Waals surface area contributed by atoms with E-state index in [1.165, 1.54) is 6.20 Å². The van der Waals surface area contributed by atoms with Gasteiger partial charge in [0.15, 0.2) is 0 Å². The van der Waals surface area contributed by atoms with Gasteiger partial charge >= 0.3 is 6.18 Å². The maximum atomic E-state index is 12.7. The first kappa shape index (κ1) is 13.1. The molecule has 0 aliphatic carbocycles. The van der Waals surface area contributed by atoms with Crippen LogP contribution in [0.2, 0.25) is 0 Å². The van der Waals surface area contributed by atoms with E-state index in [2.05, 4.69) is 4.98 Å². The topological polar surface area (TPSA) is 42.1 Å². The van der Waals surface area contributed by atoms with Crippen LogP contribution in [0.4, 0.5) is 18.9 Å². The number of aromatic nitrogens is 1. The molecule has 0 radical (unpaired) electrons. The molecule has 0 saturated carbocycles. The second-order valence-electron chi connectivity index (χ2n) is 4.45. The van der Waals surface area contributed by atoms with E-state index in [4.69, 9.17) is 5.73 Å². The highest BCUT2D eigenvalue weighted by atomic mass is 19.4. The first-order chi connectivity index (χ1) is 8.52. The molecule has 0 atom stereocenters. The molecule has 1 aromatic rings. The van der Waals surface area contributed by atoms with Crippen LogP contribution in [0.25, 0.3) is 0 Å². The number of hydrogen-bond acceptors (Lipinski definition) is 3. The molecule has 6 heteroatoms. The van der Waals surface area contributed by atoms with Gasteiger partial charge in [0, 0.05) is 37.1 Å². The normalized spacial score (nSPS) is 17.0. The average molecular weight is 259 g/mol. The third kappa shape index (κ3) is 2.75. The Hall–Kier alpha value is -1.30. The molecule has 1 aliphatic heterocycles. The van der Waals surface area contributed by atoms with Crippen LogP contribution in [0.3, 0.4) is 0 Å². The highest BCUT2D eigenvalue weighted by molar-refractivity contribution is 5.54. The maximum Gasteiger partial charge on any atom is 0.433 e. The fourth-order valence-electron chi connectivity index (χ4n) is 2.21. The molecule has 1 saturated heterocycles. The second kappa shape index (κ2) is 5.14. The summed E-state index contributed by atoms with van der Waals surface area (Å²) in [7, 11) is 0. The summed E-state index contributed by atoms with van der Waals surface area (Å²) < 4.78 is 38.0. The molecule has 2 rings (SSSR count). The summed E-state index contributed by atoms with van der Waals surface area (Å²) in [5.41, 5.74) is 5.98. The lowest BCUT2D eigenvalue weighted by Crippen LogP contribution is -2.31. The van der Waals surface area contributed by atoms with E-state index in [1.807, 2.05) is 4.90 Å². The number of anilines is 1. The molecule has 0 spiro atoms. The van der Waals surface area contributed by atoms with Crippen molar-refractivity contribution in [3.63, 3.8) is 0 Å². The summed E-state index contributed by atoms with van der Waals surface area (Å²) in [4.78, 5) is 5.42. The zero-order valence-electron chi connectivity index (χ0n) is 10.0. The smallest absolute Gasteiger partial charge is 0.371 e. The van der Waals surface area contributed by atoms with Gasteiger partial charge in [0.25, 0.3) is 0 Å². The SMILES string of the molecule is NCc1cnc(C(F)(F)F)cc1N1CCCCC1. The first-order valence-electron chi connectivity index (χ1n) is 6.03. The van der Waals surface area contributed by atoms with Gasteiger partial charge in [0.05, 0.1) is 0 Å². The third-order valence-electron chi connectivity index (χ3n) is 3.17. The van der Waals surface area contributed by atoms with Crippen molar-refractivity contribution in [3.05, 3.63) is 23.5 Å². The van der Waals surface area contributed by atoms with E-state index in [9.17, 15) is 13.2 Å². The molecular weight excluding hydrogens is 243 g/mol. The molecule has 1 aromatic heterocycles. The molecular formula is C12H16F3N3. The van der Waals surface area contributed by atoms with Gasteiger partial charge < -0.3 is 10.6 Å². The second-order valence-corrected chi connectivity index (χ2v) is 4.45. The lowest BCUT2D eigenvalue weighted by Gasteiger charge is -2.30. The fraction of sp³-hybridized carbons (Fsp3) is 0.583. The predicted molar refractivity (Wildman–Crippen MR) is 63.2 cm³/mol. The van der Waals surface area contributed by atoms with Crippen molar-refractivity contribution in [2.24, 2.45) is 5.73 Å². The summed E-state index contributed by atoms with van der Waals surface area (Å²) in [5, 5.41) is 0. The Morgan fingerprint density at radius 2 is 1.89 bits per heavy atom. The minimum Gasteiger partial charge on any atom is -0.371 e. The van der Waals surface area contributed by atoms with Crippen LogP contribution in [0.1, 0.15) is 30.5 Å². The Bertz CT molecular complexity index is 412. The molecule has 2 heterocycles. The Morgan fingerprint density at radius 1 is 1.22 bits per heavy atom. The summed E-state index contributed by atoms with van der Waals surface area (Å²) in [6.07, 6.45) is -0.0164. The van der Waals surface area contributed by atoms with Crippen LogP contribution in [0, 0.1) is 0 Å². The number of nitrogens with zero attached hydrogens (tertiary/aromatic N) is 2. The zero-order valence-corrected chi connectivity index (χ0v) is 10.0. The van der Waals surface area contributed by atoms with Crippen molar-refractivity contribution in [2.45, 2.75) is 32.0 Å². The monoisotopic (exact) mass is 259 g/mol. The molecule has 0 amide bonds. The summed E-state index contributed by atoms with van der Waals surface area (Å²) in [5.74, 6) is 0. The van der Waals surface area contributed by atoms with Crippen molar-refractivity contribution < 1.29 is 13.2 Å². The van der Waals surface area contributed by atoms with Crippen LogP contribution in [-0.2, 0) is 12.7 Å². The number of rotatable bonds is 2. The van der Waals surface area contributed by atoms with Crippen LogP contribution in [0.15, 0.2) is 12.3 Å². The number of alkyl halides is 3. The Balaban J connectivity index is 2.35. The predicted octanol–water partition coefficient (Wildman–Crippen LogP) is 2.55. The van der Waals surface area contributed by atoms with Gasteiger partial charge in [-0.15, -0.1) is 0 Å². The Morgan fingerprint density at radius 3 is 2.44 bits per heavy atom. The van der Waals surface area contributed by atoms with Gasteiger partial charge in [-0.2, -0.15) is 13.2 Å². The molecule has 3 nitrogen and oxygen atoms in total. The summed E-state index contributed by atoms with van der Waals surface area (Å²) >= 11 is 0. The molecule has 1 aliphatic rings. The van der Waals surface area contributed by atoms with Gasteiger partial charge in [-0.3, -0.25) is 4.98 Å². The van der Waals surface area contributed by atoms with Crippen LogP contribution >= 0.6 is 0 Å². The van der Waals surface area contributed by atoms with Gasteiger partial charge in [-0.25, -0.2) is 0 Å². The summed E-state index contributed by atoms with van der Waals surface area (Å²) in [6, 6.07) is 1.12. The molecule has 18 heavy (non-hydrogen) atoms. The van der Waals surface area contributed by atoms with E-state index in [1.54, 1.807) is 0 Å². The van der Waals surface area contributed by atoms with E-state index < -0.39 is 11.9 Å². The lowest BCUT2D eigenvalue weighted by atomic mass is 10.1. The highest BCUT2D eigenvalue weighted by Gasteiger charge is 2.33. The van der Waals surface area contributed by atoms with E-state index in [0.29, 0.717) is 11.3 Å². The van der Waals surface area contributed by atoms with Crippen molar-refractivity contribution >= 4 is 5.69 Å². The number of piperidine rings is 1. The van der Waals surface area contributed by atoms with E-state index in [-0.39, 0.29) is 6.54 Å². The summed E-state index contributed by atoms with van der Waals surface area (Å²) in [6.45, 7) is 1.78. The quantitative estimate of drug-likeness (QED) is 0.887. The third-order valence-corrected chi connectivity index (χ3v) is 3.17. The van der Waals surface area contributed by atoms with Crippen molar-refractivity contribution in [2.75, 3.05) is 18.0 Å². The van der Waals surface area contributed by atoms with Crippen LogP contribution < -0.4 is 10.6 Å². The number of hydrogen-bond donors (Lipinski definition) is 1. The molecule has 100 valence electrons. The van der Waals surface area contributed by atoms with Gasteiger partial charge in [-0.05, 0) is 25.3 Å². The maximum absolute atomic E-state index is 12.7. The van der Waals surface area contributed by atoms with Crippen LogP contribution in [0.5, 0.6) is 0 Å². The van der Waals surface area contributed by atoms with Crippen molar-refractivity contribution in [1.29, 1.82) is 0 Å². The van der Waals surface area contributed by atoms with Crippen molar-refractivity contribution in [3.8, 4) is 0 Å². The zero-order chi connectivity index (χ0) is 13.2. The van der Waals surface area contributed by atoms with Crippen LogP contribution in [-0.4, -0.2) is 18.1 Å². The minimum absolute atomic E-state index is 0.205. The standard InChI is InChI=1S/C12H16F3N3/c13-12(14,15)11-6-10(9(7-16)8-17-11)18-4-2-1-3-5-18/h6,8H,1-5,7,16H2. The van der Waals surface area contributed by atoms with Gasteiger partial charge in [0.1, 0.15) is 5.69 Å². The highest BCUT2D eigenvalue weighted by Crippen LogP contribution is 2.32. The number of pyridine rings is 1. The fourth-order valence-corrected chi connectivity index (χ4v) is 2.21. The molecule has 0 aromatic carbocycles. The molecule has 1 fully saturated rings.